The lowest BCUT2D eigenvalue weighted by Gasteiger charge is -2.08. The third-order valence-electron chi connectivity index (χ3n) is 2.41. The highest BCUT2D eigenvalue weighted by atomic mass is 19.4. The molecule has 20 heavy (non-hydrogen) atoms. The average molecular weight is 282 g/mol. The molecular weight excluding hydrogens is 273 g/mol. The Morgan fingerprint density at radius 1 is 1.20 bits per heavy atom. The topological polar surface area (TPSA) is 80.9 Å². The summed E-state index contributed by atoms with van der Waals surface area (Å²) in [6.45, 7) is 0. The summed E-state index contributed by atoms with van der Waals surface area (Å²) < 4.78 is 37.0. The van der Waals surface area contributed by atoms with E-state index in [1.165, 1.54) is 18.5 Å². The van der Waals surface area contributed by atoms with Crippen molar-refractivity contribution in [3.63, 3.8) is 0 Å². The normalized spacial score (nSPS) is 11.2. The average Bonchev–Trinajstić information content (AvgIpc) is 2.38. The summed E-state index contributed by atoms with van der Waals surface area (Å²) >= 11 is 0. The molecule has 8 heteroatoms. The number of alkyl halides is 3. The van der Waals surface area contributed by atoms with Gasteiger partial charge in [-0.2, -0.15) is 13.2 Å². The van der Waals surface area contributed by atoms with Crippen molar-refractivity contribution in [2.45, 2.75) is 6.18 Å². The van der Waals surface area contributed by atoms with Gasteiger partial charge in [0.25, 0.3) is 5.91 Å². The van der Waals surface area contributed by atoms with Crippen LogP contribution in [0.4, 0.5) is 24.5 Å². The second-order valence-electron chi connectivity index (χ2n) is 3.85. The molecule has 3 N–H and O–H groups in total. The van der Waals surface area contributed by atoms with E-state index in [4.69, 9.17) is 5.73 Å². The smallest absolute Gasteiger partial charge is 0.397 e. The number of nitrogen functional groups attached to an aromatic ring is 1. The van der Waals surface area contributed by atoms with Gasteiger partial charge < -0.3 is 11.1 Å². The molecule has 2 rings (SSSR count). The van der Waals surface area contributed by atoms with Crippen molar-refractivity contribution in [3.8, 4) is 0 Å². The fourth-order valence-corrected chi connectivity index (χ4v) is 1.45. The molecule has 0 aliphatic carbocycles. The molecule has 0 spiro atoms. The lowest BCUT2D eigenvalue weighted by molar-refractivity contribution is -0.141. The SMILES string of the molecule is Nc1cnccc1C(=O)Nc1ccc(C(F)(F)F)nc1. The molecule has 1 amide bonds. The number of anilines is 2. The molecule has 0 saturated carbocycles. The Hall–Kier alpha value is -2.64. The highest BCUT2D eigenvalue weighted by molar-refractivity contribution is 6.07. The number of amides is 1. The predicted octanol–water partition coefficient (Wildman–Crippen LogP) is 2.33. The van der Waals surface area contributed by atoms with Gasteiger partial charge in [0.05, 0.1) is 29.3 Å². The number of carbonyl (C=O) groups excluding carboxylic acids is 1. The van der Waals surface area contributed by atoms with Crippen LogP contribution in [-0.4, -0.2) is 15.9 Å². The zero-order valence-corrected chi connectivity index (χ0v) is 9.98. The molecule has 0 bridgehead atoms. The summed E-state index contributed by atoms with van der Waals surface area (Å²) in [7, 11) is 0. The number of nitrogens with two attached hydrogens (primary N) is 1. The van der Waals surface area contributed by atoms with Gasteiger partial charge in [0, 0.05) is 6.20 Å². The van der Waals surface area contributed by atoms with Gasteiger partial charge in [-0.25, -0.2) is 4.98 Å². The van der Waals surface area contributed by atoms with Crippen LogP contribution in [0.1, 0.15) is 16.1 Å². The first kappa shape index (κ1) is 13.8. The molecule has 0 atom stereocenters. The number of pyridine rings is 2. The Morgan fingerprint density at radius 2 is 1.95 bits per heavy atom. The molecule has 2 heterocycles. The summed E-state index contributed by atoms with van der Waals surface area (Å²) in [5.74, 6) is -0.550. The van der Waals surface area contributed by atoms with E-state index in [0.29, 0.717) is 0 Å². The van der Waals surface area contributed by atoms with E-state index >= 15 is 0 Å². The second kappa shape index (κ2) is 5.16. The standard InChI is InChI=1S/C12H9F3N4O/c13-12(14,15)10-2-1-7(5-18-10)19-11(20)8-3-4-17-6-9(8)16/h1-6H,16H2,(H,19,20). The number of aromatic nitrogens is 2. The summed E-state index contributed by atoms with van der Waals surface area (Å²) in [5, 5.41) is 2.40. The van der Waals surface area contributed by atoms with Gasteiger partial charge >= 0.3 is 6.18 Å². The first-order valence-corrected chi connectivity index (χ1v) is 5.42. The number of hydrogen-bond donors (Lipinski definition) is 2. The minimum Gasteiger partial charge on any atom is -0.397 e. The molecule has 0 unspecified atom stereocenters. The number of nitrogens with one attached hydrogen (secondary N) is 1. The fourth-order valence-electron chi connectivity index (χ4n) is 1.45. The van der Waals surface area contributed by atoms with Gasteiger partial charge in [0.2, 0.25) is 0 Å². The Balaban J connectivity index is 2.15. The summed E-state index contributed by atoms with van der Waals surface area (Å²) in [5.41, 5.74) is 5.03. The maximum absolute atomic E-state index is 12.3. The molecule has 0 radical (unpaired) electrons. The zero-order chi connectivity index (χ0) is 14.8. The van der Waals surface area contributed by atoms with Crippen LogP contribution in [-0.2, 0) is 6.18 Å². The van der Waals surface area contributed by atoms with Crippen molar-refractivity contribution < 1.29 is 18.0 Å². The maximum Gasteiger partial charge on any atom is 0.433 e. The zero-order valence-electron chi connectivity index (χ0n) is 9.98. The van der Waals surface area contributed by atoms with Crippen LogP contribution in [0.25, 0.3) is 0 Å². The molecule has 0 aliphatic rings. The minimum absolute atomic E-state index is 0.138. The summed E-state index contributed by atoms with van der Waals surface area (Å²) in [6.07, 6.45) is -0.896. The molecule has 0 saturated heterocycles. The number of hydrogen-bond acceptors (Lipinski definition) is 4. The summed E-state index contributed by atoms with van der Waals surface area (Å²) in [6, 6.07) is 3.30. The Labute approximate surface area is 111 Å². The fraction of sp³-hybridized carbons (Fsp3) is 0.0833. The van der Waals surface area contributed by atoms with E-state index < -0.39 is 17.8 Å². The van der Waals surface area contributed by atoms with E-state index in [9.17, 15) is 18.0 Å². The highest BCUT2D eigenvalue weighted by Gasteiger charge is 2.32. The third kappa shape index (κ3) is 3.02. The van der Waals surface area contributed by atoms with Crippen molar-refractivity contribution in [3.05, 3.63) is 48.0 Å². The first-order valence-electron chi connectivity index (χ1n) is 5.42. The monoisotopic (exact) mass is 282 g/mol. The Kier molecular flexibility index (Phi) is 3.55. The highest BCUT2D eigenvalue weighted by Crippen LogP contribution is 2.27. The van der Waals surface area contributed by atoms with Crippen molar-refractivity contribution in [1.29, 1.82) is 0 Å². The Bertz CT molecular complexity index is 625. The second-order valence-corrected chi connectivity index (χ2v) is 3.85. The molecule has 0 fully saturated rings. The van der Waals surface area contributed by atoms with Crippen LogP contribution in [0.15, 0.2) is 36.8 Å². The number of nitrogens with zero attached hydrogens (tertiary/aromatic N) is 2. The molecule has 0 aliphatic heterocycles. The molecule has 2 aromatic rings. The van der Waals surface area contributed by atoms with Gasteiger partial charge in [-0.15, -0.1) is 0 Å². The molecular formula is C12H9F3N4O. The Morgan fingerprint density at radius 3 is 2.50 bits per heavy atom. The minimum atomic E-state index is -4.52. The van der Waals surface area contributed by atoms with Crippen molar-refractivity contribution in [2.75, 3.05) is 11.1 Å². The van der Waals surface area contributed by atoms with Crippen LogP contribution in [0, 0.1) is 0 Å². The van der Waals surface area contributed by atoms with Gasteiger partial charge in [0.15, 0.2) is 0 Å². The van der Waals surface area contributed by atoms with Crippen molar-refractivity contribution in [1.82, 2.24) is 9.97 Å². The van der Waals surface area contributed by atoms with Crippen molar-refractivity contribution in [2.24, 2.45) is 0 Å². The molecule has 2 aromatic heterocycles. The number of carbonyl (C=O) groups is 1. The number of rotatable bonds is 2. The third-order valence-corrected chi connectivity index (χ3v) is 2.41. The van der Waals surface area contributed by atoms with Crippen LogP contribution in [0.3, 0.4) is 0 Å². The first-order chi connectivity index (χ1) is 9.38. The molecule has 5 nitrogen and oxygen atoms in total. The molecule has 0 aromatic carbocycles. The van der Waals surface area contributed by atoms with E-state index in [1.54, 1.807) is 0 Å². The van der Waals surface area contributed by atoms with E-state index in [2.05, 4.69) is 15.3 Å². The van der Waals surface area contributed by atoms with E-state index in [-0.39, 0.29) is 16.9 Å². The summed E-state index contributed by atoms with van der Waals surface area (Å²) in [4.78, 5) is 18.8. The van der Waals surface area contributed by atoms with E-state index in [1.807, 2.05) is 0 Å². The van der Waals surface area contributed by atoms with Crippen molar-refractivity contribution >= 4 is 17.3 Å². The van der Waals surface area contributed by atoms with Crippen LogP contribution < -0.4 is 11.1 Å². The largest absolute Gasteiger partial charge is 0.433 e. The van der Waals surface area contributed by atoms with Crippen LogP contribution >= 0.6 is 0 Å². The maximum atomic E-state index is 12.3. The lowest BCUT2D eigenvalue weighted by atomic mass is 10.2. The van der Waals surface area contributed by atoms with Gasteiger partial charge in [-0.1, -0.05) is 0 Å². The van der Waals surface area contributed by atoms with Gasteiger partial charge in [-0.05, 0) is 18.2 Å². The van der Waals surface area contributed by atoms with Crippen LogP contribution in [0.2, 0.25) is 0 Å². The van der Waals surface area contributed by atoms with E-state index in [0.717, 1.165) is 18.3 Å². The number of halogens is 3. The predicted molar refractivity (Wildman–Crippen MR) is 65.8 cm³/mol. The lowest BCUT2D eigenvalue weighted by Crippen LogP contribution is -2.15. The quantitative estimate of drug-likeness (QED) is 0.885. The van der Waals surface area contributed by atoms with Gasteiger partial charge in [-0.3, -0.25) is 9.78 Å². The molecule has 104 valence electrons. The van der Waals surface area contributed by atoms with Crippen LogP contribution in [0.5, 0.6) is 0 Å². The van der Waals surface area contributed by atoms with Gasteiger partial charge in [0.1, 0.15) is 5.69 Å².